The summed E-state index contributed by atoms with van der Waals surface area (Å²) in [5.41, 5.74) is 5.12. The Hall–Kier alpha value is -1.44. The number of aliphatic hydroxyl groups excluding tert-OH is 2. The Morgan fingerprint density at radius 3 is 2.50 bits per heavy atom. The number of aliphatic hydroxyl groups is 2. The van der Waals surface area contributed by atoms with Crippen LogP contribution in [0.5, 0.6) is 0 Å². The van der Waals surface area contributed by atoms with Gasteiger partial charge in [0.05, 0.1) is 12.5 Å². The van der Waals surface area contributed by atoms with Crippen molar-refractivity contribution in [2.45, 2.75) is 18.6 Å². The van der Waals surface area contributed by atoms with E-state index >= 15 is 0 Å². The van der Waals surface area contributed by atoms with Gasteiger partial charge >= 0.3 is 5.97 Å². The summed E-state index contributed by atoms with van der Waals surface area (Å²) in [4.78, 5) is 21.2. The van der Waals surface area contributed by atoms with Gasteiger partial charge in [-0.25, -0.2) is 4.79 Å². The van der Waals surface area contributed by atoms with E-state index in [1.165, 1.54) is 11.4 Å². The Kier molecular flexibility index (Phi) is 3.99. The molecule has 1 amide bonds. The normalized spacial score (nSPS) is 14.4. The lowest BCUT2D eigenvalue weighted by atomic mass is 10.0. The van der Waals surface area contributed by atoms with Crippen molar-refractivity contribution in [2.24, 2.45) is 5.73 Å². The topological polar surface area (TPSA) is 121 Å². The van der Waals surface area contributed by atoms with Gasteiger partial charge in [-0.2, -0.15) is 0 Å². The van der Waals surface area contributed by atoms with Gasteiger partial charge in [0, 0.05) is 0 Å². The summed E-state index contributed by atoms with van der Waals surface area (Å²) in [5, 5.41) is 29.1. The van der Waals surface area contributed by atoms with E-state index in [4.69, 9.17) is 10.8 Å². The molecule has 7 heteroatoms. The van der Waals surface area contributed by atoms with E-state index in [2.05, 4.69) is 0 Å². The van der Waals surface area contributed by atoms with Crippen molar-refractivity contribution in [2.75, 3.05) is 0 Å². The summed E-state index contributed by atoms with van der Waals surface area (Å²) < 4.78 is 0. The third-order valence-corrected chi connectivity index (χ3v) is 2.88. The minimum Gasteiger partial charge on any atom is -0.477 e. The van der Waals surface area contributed by atoms with Crippen molar-refractivity contribution >= 4 is 23.2 Å². The molecule has 6 nitrogen and oxygen atoms in total. The Morgan fingerprint density at radius 1 is 1.44 bits per heavy atom. The first-order chi connectivity index (χ1) is 7.41. The van der Waals surface area contributed by atoms with Gasteiger partial charge in [-0.1, -0.05) is 0 Å². The lowest BCUT2D eigenvalue weighted by Gasteiger charge is -2.14. The van der Waals surface area contributed by atoms with Crippen LogP contribution in [0.2, 0.25) is 0 Å². The second-order valence-corrected chi connectivity index (χ2v) is 4.14. The van der Waals surface area contributed by atoms with Gasteiger partial charge in [0.1, 0.15) is 11.0 Å². The second kappa shape index (κ2) is 5.06. The highest BCUT2D eigenvalue weighted by Crippen LogP contribution is 2.24. The Morgan fingerprint density at radius 2 is 2.06 bits per heavy atom. The number of aromatic carboxylic acids is 1. The van der Waals surface area contributed by atoms with Gasteiger partial charge in [0.25, 0.3) is 0 Å². The number of carboxylic acids is 1. The van der Waals surface area contributed by atoms with Crippen LogP contribution >= 0.6 is 11.3 Å². The van der Waals surface area contributed by atoms with Gasteiger partial charge in [0.2, 0.25) is 5.91 Å². The fraction of sp³-hybridized carbons (Fsp3) is 0.333. The lowest BCUT2D eigenvalue weighted by Crippen LogP contribution is -2.25. The van der Waals surface area contributed by atoms with Crippen LogP contribution in [0.25, 0.3) is 0 Å². The van der Waals surface area contributed by atoms with E-state index in [9.17, 15) is 19.8 Å². The van der Waals surface area contributed by atoms with Crippen molar-refractivity contribution in [3.8, 4) is 0 Å². The summed E-state index contributed by atoms with van der Waals surface area (Å²) in [5.74, 6) is -1.84. The molecule has 0 aliphatic carbocycles. The molecule has 2 unspecified atom stereocenters. The number of amides is 1. The summed E-state index contributed by atoms with van der Waals surface area (Å²) >= 11 is 0.935. The highest BCUT2D eigenvalue weighted by atomic mass is 32.1. The number of rotatable bonds is 5. The SMILES string of the molecule is NC(=O)CC(O)C(O)c1csc(C(=O)O)c1. The molecule has 88 valence electrons. The first-order valence-electron chi connectivity index (χ1n) is 4.38. The number of carbonyl (C=O) groups is 2. The average Bonchev–Trinajstić information content (AvgIpc) is 2.64. The molecule has 2 atom stereocenters. The molecular formula is C9H11NO5S. The first-order valence-corrected chi connectivity index (χ1v) is 5.26. The van der Waals surface area contributed by atoms with Crippen LogP contribution in [0.1, 0.15) is 27.8 Å². The Bertz CT molecular complexity index is 402. The Labute approximate surface area is 94.9 Å². The highest BCUT2D eigenvalue weighted by molar-refractivity contribution is 7.12. The van der Waals surface area contributed by atoms with E-state index in [0.717, 1.165) is 11.3 Å². The number of thiophene rings is 1. The monoisotopic (exact) mass is 245 g/mol. The molecule has 0 radical (unpaired) electrons. The zero-order valence-electron chi connectivity index (χ0n) is 8.16. The van der Waals surface area contributed by atoms with Gasteiger partial charge in [-0.15, -0.1) is 11.3 Å². The maximum absolute atomic E-state index is 10.6. The third kappa shape index (κ3) is 3.02. The molecule has 0 saturated heterocycles. The minimum atomic E-state index is -1.33. The van der Waals surface area contributed by atoms with Crippen molar-refractivity contribution in [1.82, 2.24) is 0 Å². The van der Waals surface area contributed by atoms with Gasteiger partial charge in [-0.05, 0) is 17.0 Å². The molecule has 1 heterocycles. The summed E-state index contributed by atoms with van der Waals surface area (Å²) in [6.07, 6.45) is -3.01. The molecule has 0 bridgehead atoms. The molecule has 1 aromatic heterocycles. The zero-order valence-corrected chi connectivity index (χ0v) is 8.98. The highest BCUT2D eigenvalue weighted by Gasteiger charge is 2.22. The maximum atomic E-state index is 10.6. The standard InChI is InChI=1S/C9H11NO5S/c10-7(12)2-5(11)8(13)4-1-6(9(14)15)16-3-4/h1,3,5,8,11,13H,2H2,(H2,10,12)(H,14,15). The molecule has 0 aromatic carbocycles. The molecule has 0 aliphatic rings. The van der Waals surface area contributed by atoms with Crippen molar-refractivity contribution in [3.05, 3.63) is 21.9 Å². The number of carboxylic acid groups (broad SMARTS) is 1. The molecule has 0 fully saturated rings. The maximum Gasteiger partial charge on any atom is 0.345 e. The van der Waals surface area contributed by atoms with Gasteiger partial charge in [-0.3, -0.25) is 4.79 Å². The quantitative estimate of drug-likeness (QED) is 0.568. The molecule has 5 N–H and O–H groups in total. The molecule has 1 rings (SSSR count). The Balaban J connectivity index is 2.75. The fourth-order valence-electron chi connectivity index (χ4n) is 1.16. The number of nitrogens with two attached hydrogens (primary N) is 1. The van der Waals surface area contributed by atoms with E-state index < -0.39 is 24.1 Å². The van der Waals surface area contributed by atoms with Gasteiger partial charge in [0.15, 0.2) is 0 Å². The van der Waals surface area contributed by atoms with Crippen LogP contribution in [0, 0.1) is 0 Å². The van der Waals surface area contributed by atoms with E-state index in [-0.39, 0.29) is 16.9 Å². The summed E-state index contributed by atoms with van der Waals surface area (Å²) in [6, 6.07) is 1.25. The van der Waals surface area contributed by atoms with E-state index in [0.29, 0.717) is 0 Å². The number of hydrogen-bond acceptors (Lipinski definition) is 5. The largest absolute Gasteiger partial charge is 0.477 e. The lowest BCUT2D eigenvalue weighted by molar-refractivity contribution is -0.121. The van der Waals surface area contributed by atoms with Crippen molar-refractivity contribution in [3.63, 3.8) is 0 Å². The third-order valence-electron chi connectivity index (χ3n) is 1.95. The fourth-order valence-corrected chi connectivity index (χ4v) is 1.93. The van der Waals surface area contributed by atoms with Crippen molar-refractivity contribution < 1.29 is 24.9 Å². The summed E-state index contributed by atoms with van der Waals surface area (Å²) in [7, 11) is 0. The summed E-state index contributed by atoms with van der Waals surface area (Å²) in [6.45, 7) is 0. The molecular weight excluding hydrogens is 234 g/mol. The molecule has 0 spiro atoms. The average molecular weight is 245 g/mol. The van der Waals surface area contributed by atoms with Crippen LogP contribution in [-0.2, 0) is 4.79 Å². The first kappa shape index (κ1) is 12.6. The second-order valence-electron chi connectivity index (χ2n) is 3.23. The predicted molar refractivity (Wildman–Crippen MR) is 56.1 cm³/mol. The molecule has 0 saturated carbocycles. The van der Waals surface area contributed by atoms with Crippen LogP contribution < -0.4 is 5.73 Å². The molecule has 0 aliphatic heterocycles. The van der Waals surface area contributed by atoms with Gasteiger partial charge < -0.3 is 21.1 Å². The number of primary amides is 1. The predicted octanol–water partition coefficient (Wildman–Crippen LogP) is -0.284. The van der Waals surface area contributed by atoms with Crippen LogP contribution in [0.4, 0.5) is 0 Å². The van der Waals surface area contributed by atoms with Crippen LogP contribution in [0.15, 0.2) is 11.4 Å². The van der Waals surface area contributed by atoms with Crippen LogP contribution in [-0.4, -0.2) is 33.3 Å². The van der Waals surface area contributed by atoms with E-state index in [1.54, 1.807) is 0 Å². The molecule has 16 heavy (non-hydrogen) atoms. The van der Waals surface area contributed by atoms with Crippen molar-refractivity contribution in [1.29, 1.82) is 0 Å². The zero-order chi connectivity index (χ0) is 12.3. The van der Waals surface area contributed by atoms with Crippen LogP contribution in [0.3, 0.4) is 0 Å². The van der Waals surface area contributed by atoms with E-state index in [1.807, 2.05) is 0 Å². The number of hydrogen-bond donors (Lipinski definition) is 4. The smallest absolute Gasteiger partial charge is 0.345 e. The number of carbonyl (C=O) groups excluding carboxylic acids is 1. The minimum absolute atomic E-state index is 0.0559. The molecule has 1 aromatic rings.